The summed E-state index contributed by atoms with van der Waals surface area (Å²) in [5.74, 6) is 0.694. The summed E-state index contributed by atoms with van der Waals surface area (Å²) in [7, 11) is 0. The monoisotopic (exact) mass is 213 g/mol. The standard InChI is InChI=1S/C9H12BrN/c1-8(6-10)5-9-3-2-4-11-7-9/h2-4,7-8H,5-6H2,1H3. The zero-order valence-corrected chi connectivity index (χ0v) is 8.21. The van der Waals surface area contributed by atoms with Crippen molar-refractivity contribution in [2.75, 3.05) is 5.33 Å². The van der Waals surface area contributed by atoms with Gasteiger partial charge in [0.25, 0.3) is 0 Å². The van der Waals surface area contributed by atoms with Crippen LogP contribution < -0.4 is 0 Å². The van der Waals surface area contributed by atoms with Crippen LogP contribution in [0.15, 0.2) is 24.5 Å². The predicted octanol–water partition coefficient (Wildman–Crippen LogP) is 2.66. The van der Waals surface area contributed by atoms with E-state index >= 15 is 0 Å². The maximum Gasteiger partial charge on any atom is 0.0299 e. The lowest BCUT2D eigenvalue weighted by atomic mass is 10.1. The number of alkyl halides is 1. The molecule has 0 amide bonds. The van der Waals surface area contributed by atoms with E-state index in [-0.39, 0.29) is 0 Å². The lowest BCUT2D eigenvalue weighted by Gasteiger charge is -2.05. The van der Waals surface area contributed by atoms with E-state index in [9.17, 15) is 0 Å². The average molecular weight is 214 g/mol. The lowest BCUT2D eigenvalue weighted by Crippen LogP contribution is -2.00. The molecular weight excluding hydrogens is 202 g/mol. The summed E-state index contributed by atoms with van der Waals surface area (Å²) >= 11 is 3.45. The fourth-order valence-electron chi connectivity index (χ4n) is 0.976. The second kappa shape index (κ2) is 4.50. The smallest absolute Gasteiger partial charge is 0.0299 e. The third-order valence-electron chi connectivity index (χ3n) is 1.57. The van der Waals surface area contributed by atoms with E-state index in [1.807, 2.05) is 18.5 Å². The highest BCUT2D eigenvalue weighted by atomic mass is 79.9. The van der Waals surface area contributed by atoms with Gasteiger partial charge in [0.2, 0.25) is 0 Å². The van der Waals surface area contributed by atoms with Crippen LogP contribution in [0.1, 0.15) is 12.5 Å². The van der Waals surface area contributed by atoms with Crippen LogP contribution in [-0.4, -0.2) is 10.3 Å². The van der Waals surface area contributed by atoms with Crippen LogP contribution in [0.25, 0.3) is 0 Å². The third kappa shape index (κ3) is 3.02. The Morgan fingerprint density at radius 3 is 3.00 bits per heavy atom. The molecule has 0 aliphatic heterocycles. The molecule has 2 heteroatoms. The number of pyridine rings is 1. The van der Waals surface area contributed by atoms with Crippen molar-refractivity contribution in [3.8, 4) is 0 Å². The summed E-state index contributed by atoms with van der Waals surface area (Å²) in [6, 6.07) is 4.10. The largest absolute Gasteiger partial charge is 0.264 e. The van der Waals surface area contributed by atoms with Gasteiger partial charge >= 0.3 is 0 Å². The maximum absolute atomic E-state index is 4.06. The molecule has 0 fully saturated rings. The summed E-state index contributed by atoms with van der Waals surface area (Å²) < 4.78 is 0. The number of hydrogen-bond acceptors (Lipinski definition) is 1. The van der Waals surface area contributed by atoms with Gasteiger partial charge in [-0.2, -0.15) is 0 Å². The Hall–Kier alpha value is -0.370. The molecular formula is C9H12BrN. The van der Waals surface area contributed by atoms with Gasteiger partial charge in [0.05, 0.1) is 0 Å². The van der Waals surface area contributed by atoms with Crippen LogP contribution in [0, 0.1) is 5.92 Å². The fourth-order valence-corrected chi connectivity index (χ4v) is 1.20. The van der Waals surface area contributed by atoms with E-state index in [1.54, 1.807) is 0 Å². The number of hydrogen-bond donors (Lipinski definition) is 0. The SMILES string of the molecule is CC(CBr)Cc1cccnc1. The summed E-state index contributed by atoms with van der Waals surface area (Å²) in [5, 5.41) is 1.06. The highest BCUT2D eigenvalue weighted by Crippen LogP contribution is 2.08. The molecule has 1 nitrogen and oxygen atoms in total. The average Bonchev–Trinajstić information content (AvgIpc) is 2.06. The molecule has 0 aliphatic rings. The van der Waals surface area contributed by atoms with Gasteiger partial charge in [0.1, 0.15) is 0 Å². The van der Waals surface area contributed by atoms with Crippen molar-refractivity contribution in [3.63, 3.8) is 0 Å². The highest BCUT2D eigenvalue weighted by molar-refractivity contribution is 9.09. The Kier molecular flexibility index (Phi) is 3.57. The fraction of sp³-hybridized carbons (Fsp3) is 0.444. The molecule has 1 heterocycles. The molecule has 0 aromatic carbocycles. The quantitative estimate of drug-likeness (QED) is 0.705. The molecule has 1 aromatic heterocycles. The Labute approximate surface area is 76.0 Å². The molecule has 0 radical (unpaired) electrons. The molecule has 60 valence electrons. The van der Waals surface area contributed by atoms with E-state index in [2.05, 4.69) is 33.9 Å². The van der Waals surface area contributed by atoms with Crippen molar-refractivity contribution >= 4 is 15.9 Å². The lowest BCUT2D eigenvalue weighted by molar-refractivity contribution is 0.661. The Balaban J connectivity index is 2.51. The number of nitrogens with zero attached hydrogens (tertiary/aromatic N) is 1. The van der Waals surface area contributed by atoms with E-state index in [4.69, 9.17) is 0 Å². The minimum atomic E-state index is 0.694. The van der Waals surface area contributed by atoms with Crippen LogP contribution in [0.5, 0.6) is 0 Å². The molecule has 0 aliphatic carbocycles. The van der Waals surface area contributed by atoms with Gasteiger partial charge in [0, 0.05) is 17.7 Å². The van der Waals surface area contributed by atoms with Gasteiger partial charge in [-0.25, -0.2) is 0 Å². The van der Waals surface area contributed by atoms with Gasteiger partial charge in [-0.1, -0.05) is 28.9 Å². The first-order chi connectivity index (χ1) is 5.33. The van der Waals surface area contributed by atoms with Crippen LogP contribution >= 0.6 is 15.9 Å². The molecule has 1 atom stereocenters. The molecule has 1 unspecified atom stereocenters. The molecule has 1 rings (SSSR count). The highest BCUT2D eigenvalue weighted by Gasteiger charge is 2.00. The van der Waals surface area contributed by atoms with Gasteiger partial charge in [-0.15, -0.1) is 0 Å². The molecule has 1 aromatic rings. The van der Waals surface area contributed by atoms with Gasteiger partial charge in [-0.3, -0.25) is 4.98 Å². The molecule has 0 N–H and O–H groups in total. The third-order valence-corrected chi connectivity index (χ3v) is 2.68. The summed E-state index contributed by atoms with van der Waals surface area (Å²) in [4.78, 5) is 4.06. The van der Waals surface area contributed by atoms with E-state index < -0.39 is 0 Å². The van der Waals surface area contributed by atoms with Crippen LogP contribution in [0.4, 0.5) is 0 Å². The maximum atomic E-state index is 4.06. The van der Waals surface area contributed by atoms with Crippen molar-refractivity contribution < 1.29 is 0 Å². The molecule has 0 saturated carbocycles. The summed E-state index contributed by atoms with van der Waals surface area (Å²) in [5.41, 5.74) is 1.32. The summed E-state index contributed by atoms with van der Waals surface area (Å²) in [6.07, 6.45) is 4.85. The van der Waals surface area contributed by atoms with E-state index in [1.165, 1.54) is 5.56 Å². The Morgan fingerprint density at radius 2 is 2.45 bits per heavy atom. The van der Waals surface area contributed by atoms with Gasteiger partial charge in [0.15, 0.2) is 0 Å². The molecule has 0 saturated heterocycles. The normalized spacial score (nSPS) is 12.9. The topological polar surface area (TPSA) is 12.9 Å². The first-order valence-corrected chi connectivity index (χ1v) is 4.90. The second-order valence-electron chi connectivity index (χ2n) is 2.82. The van der Waals surface area contributed by atoms with Crippen molar-refractivity contribution in [2.24, 2.45) is 5.92 Å². The molecule has 0 bridgehead atoms. The van der Waals surface area contributed by atoms with E-state index in [0.717, 1.165) is 11.8 Å². The first kappa shape index (κ1) is 8.72. The molecule has 11 heavy (non-hydrogen) atoms. The van der Waals surface area contributed by atoms with Crippen molar-refractivity contribution in [1.29, 1.82) is 0 Å². The van der Waals surface area contributed by atoms with Crippen molar-refractivity contribution in [3.05, 3.63) is 30.1 Å². The minimum Gasteiger partial charge on any atom is -0.264 e. The van der Waals surface area contributed by atoms with Crippen LogP contribution in [0.3, 0.4) is 0 Å². The minimum absolute atomic E-state index is 0.694. The summed E-state index contributed by atoms with van der Waals surface area (Å²) in [6.45, 7) is 2.22. The van der Waals surface area contributed by atoms with Crippen molar-refractivity contribution in [1.82, 2.24) is 4.98 Å². The van der Waals surface area contributed by atoms with Gasteiger partial charge < -0.3 is 0 Å². The second-order valence-corrected chi connectivity index (χ2v) is 3.47. The number of halogens is 1. The zero-order chi connectivity index (χ0) is 8.10. The molecule has 0 spiro atoms. The zero-order valence-electron chi connectivity index (χ0n) is 6.63. The Morgan fingerprint density at radius 1 is 1.64 bits per heavy atom. The van der Waals surface area contributed by atoms with Crippen LogP contribution in [0.2, 0.25) is 0 Å². The number of rotatable bonds is 3. The van der Waals surface area contributed by atoms with E-state index in [0.29, 0.717) is 5.92 Å². The van der Waals surface area contributed by atoms with Gasteiger partial charge in [-0.05, 0) is 24.0 Å². The van der Waals surface area contributed by atoms with Crippen molar-refractivity contribution in [2.45, 2.75) is 13.3 Å². The van der Waals surface area contributed by atoms with Crippen LogP contribution in [-0.2, 0) is 6.42 Å². The predicted molar refractivity (Wildman–Crippen MR) is 50.9 cm³/mol. The first-order valence-electron chi connectivity index (χ1n) is 3.78. The Bertz CT molecular complexity index is 198. The number of aromatic nitrogens is 1.